The number of halogens is 1. The van der Waals surface area contributed by atoms with Crippen LogP contribution in [0.2, 0.25) is 0 Å². The first-order valence-electron chi connectivity index (χ1n) is 7.18. The Balaban J connectivity index is 2.17. The van der Waals surface area contributed by atoms with E-state index < -0.39 is 11.8 Å². The molecule has 21 heavy (non-hydrogen) atoms. The summed E-state index contributed by atoms with van der Waals surface area (Å²) in [6, 6.07) is 2.74. The van der Waals surface area contributed by atoms with Gasteiger partial charge in [0.2, 0.25) is 0 Å². The first kappa shape index (κ1) is 15.6. The molecule has 0 bridgehead atoms. The summed E-state index contributed by atoms with van der Waals surface area (Å²) in [6.07, 6.45) is 0. The van der Waals surface area contributed by atoms with Gasteiger partial charge < -0.3 is 15.7 Å². The summed E-state index contributed by atoms with van der Waals surface area (Å²) in [7, 11) is 0. The quantitative estimate of drug-likeness (QED) is 0.830. The van der Waals surface area contributed by atoms with Crippen LogP contribution in [0.25, 0.3) is 0 Å². The average molecular weight is 295 g/mol. The number of nitrogens with two attached hydrogens (primary N) is 1. The molecule has 1 saturated heterocycles. The number of carboxylic acids is 1. The predicted octanol–water partition coefficient (Wildman–Crippen LogP) is 1.88. The fourth-order valence-corrected chi connectivity index (χ4v) is 2.76. The third-order valence-corrected chi connectivity index (χ3v) is 3.72. The zero-order valence-electron chi connectivity index (χ0n) is 12.5. The van der Waals surface area contributed by atoms with Crippen LogP contribution in [-0.4, -0.2) is 48.7 Å². The van der Waals surface area contributed by atoms with Gasteiger partial charge in [-0.1, -0.05) is 13.8 Å². The number of nitrogen functional groups attached to an aromatic ring is 1. The molecule has 0 spiro atoms. The number of carboxylic acid groups (broad SMARTS) is 1. The molecule has 1 aromatic carbocycles. The van der Waals surface area contributed by atoms with E-state index in [4.69, 9.17) is 5.73 Å². The van der Waals surface area contributed by atoms with E-state index in [9.17, 15) is 14.3 Å². The van der Waals surface area contributed by atoms with E-state index in [2.05, 4.69) is 18.7 Å². The van der Waals surface area contributed by atoms with Crippen molar-refractivity contribution in [1.82, 2.24) is 4.90 Å². The van der Waals surface area contributed by atoms with Gasteiger partial charge in [0.1, 0.15) is 11.4 Å². The van der Waals surface area contributed by atoms with Crippen LogP contribution in [0.5, 0.6) is 0 Å². The number of carbonyl (C=O) groups is 1. The van der Waals surface area contributed by atoms with Gasteiger partial charge in [0.25, 0.3) is 0 Å². The van der Waals surface area contributed by atoms with E-state index >= 15 is 0 Å². The summed E-state index contributed by atoms with van der Waals surface area (Å²) in [5.41, 5.74) is 5.68. The maximum Gasteiger partial charge on any atom is 0.340 e. The van der Waals surface area contributed by atoms with Crippen molar-refractivity contribution in [2.24, 2.45) is 5.92 Å². The lowest BCUT2D eigenvalue weighted by Gasteiger charge is -2.37. The number of nitrogens with zero attached hydrogens (tertiary/aromatic N) is 2. The largest absolute Gasteiger partial charge is 0.478 e. The van der Waals surface area contributed by atoms with Gasteiger partial charge in [-0.25, -0.2) is 9.18 Å². The highest BCUT2D eigenvalue weighted by Crippen LogP contribution is 2.29. The van der Waals surface area contributed by atoms with Crippen molar-refractivity contribution < 1.29 is 14.3 Å². The zero-order chi connectivity index (χ0) is 15.6. The molecule has 1 heterocycles. The minimum absolute atomic E-state index is 0.132. The molecule has 1 aromatic rings. The Kier molecular flexibility index (Phi) is 4.67. The Labute approximate surface area is 124 Å². The summed E-state index contributed by atoms with van der Waals surface area (Å²) in [5.74, 6) is -1.27. The minimum Gasteiger partial charge on any atom is -0.478 e. The molecular formula is C15H22FN3O2. The highest BCUT2D eigenvalue weighted by Gasteiger charge is 2.24. The number of benzene rings is 1. The van der Waals surface area contributed by atoms with Crippen molar-refractivity contribution in [3.8, 4) is 0 Å². The fraction of sp³-hybridized carbons (Fsp3) is 0.533. The van der Waals surface area contributed by atoms with Gasteiger partial charge in [0, 0.05) is 32.7 Å². The molecule has 0 aliphatic carbocycles. The van der Waals surface area contributed by atoms with Crippen molar-refractivity contribution >= 4 is 17.3 Å². The molecule has 5 nitrogen and oxygen atoms in total. The molecule has 2 rings (SSSR count). The van der Waals surface area contributed by atoms with Gasteiger partial charge in [-0.05, 0) is 18.1 Å². The van der Waals surface area contributed by atoms with E-state index in [0.717, 1.165) is 32.7 Å². The topological polar surface area (TPSA) is 69.8 Å². The van der Waals surface area contributed by atoms with Crippen LogP contribution in [0.3, 0.4) is 0 Å². The molecular weight excluding hydrogens is 273 g/mol. The third kappa shape index (κ3) is 3.44. The Morgan fingerprint density at radius 1 is 1.33 bits per heavy atom. The number of piperazine rings is 1. The Morgan fingerprint density at radius 3 is 2.48 bits per heavy atom. The van der Waals surface area contributed by atoms with E-state index in [1.807, 2.05) is 4.90 Å². The monoisotopic (exact) mass is 295 g/mol. The second kappa shape index (κ2) is 6.30. The molecule has 0 unspecified atom stereocenters. The zero-order valence-corrected chi connectivity index (χ0v) is 12.5. The van der Waals surface area contributed by atoms with Gasteiger partial charge in [0.15, 0.2) is 0 Å². The first-order chi connectivity index (χ1) is 9.90. The molecule has 1 aliphatic heterocycles. The summed E-state index contributed by atoms with van der Waals surface area (Å²) in [5, 5.41) is 9.29. The highest BCUT2D eigenvalue weighted by molar-refractivity contribution is 6.00. The smallest absolute Gasteiger partial charge is 0.340 e. The van der Waals surface area contributed by atoms with Crippen molar-refractivity contribution in [3.63, 3.8) is 0 Å². The molecule has 0 aromatic heterocycles. The molecule has 1 fully saturated rings. The fourth-order valence-electron chi connectivity index (χ4n) is 2.76. The molecule has 0 atom stereocenters. The normalized spacial score (nSPS) is 16.5. The predicted molar refractivity (Wildman–Crippen MR) is 81.3 cm³/mol. The van der Waals surface area contributed by atoms with Crippen molar-refractivity contribution in [3.05, 3.63) is 23.5 Å². The van der Waals surface area contributed by atoms with Crippen molar-refractivity contribution in [1.29, 1.82) is 0 Å². The average Bonchev–Trinajstić information content (AvgIpc) is 2.41. The lowest BCUT2D eigenvalue weighted by atomic mass is 10.1. The summed E-state index contributed by atoms with van der Waals surface area (Å²) < 4.78 is 13.5. The Morgan fingerprint density at radius 2 is 1.95 bits per heavy atom. The SMILES string of the molecule is CC(C)CN1CCN(c2ccc(F)c(N)c2C(=O)O)CC1. The van der Waals surface area contributed by atoms with Crippen LogP contribution < -0.4 is 10.6 Å². The number of aromatic carboxylic acids is 1. The van der Waals surface area contributed by atoms with Gasteiger partial charge >= 0.3 is 5.97 Å². The van der Waals surface area contributed by atoms with E-state index in [0.29, 0.717) is 11.6 Å². The van der Waals surface area contributed by atoms with E-state index in [-0.39, 0.29) is 11.3 Å². The van der Waals surface area contributed by atoms with Crippen LogP contribution in [0.1, 0.15) is 24.2 Å². The lowest BCUT2D eigenvalue weighted by molar-refractivity contribution is 0.0698. The molecule has 3 N–H and O–H groups in total. The Hall–Kier alpha value is -1.82. The minimum atomic E-state index is -1.19. The molecule has 6 heteroatoms. The van der Waals surface area contributed by atoms with E-state index in [1.165, 1.54) is 12.1 Å². The molecule has 1 aliphatic rings. The summed E-state index contributed by atoms with van der Waals surface area (Å²) >= 11 is 0. The number of hydrogen-bond acceptors (Lipinski definition) is 4. The van der Waals surface area contributed by atoms with Crippen LogP contribution in [0, 0.1) is 11.7 Å². The maximum absolute atomic E-state index is 13.5. The molecule has 0 saturated carbocycles. The van der Waals surface area contributed by atoms with Gasteiger partial charge in [-0.15, -0.1) is 0 Å². The van der Waals surface area contributed by atoms with Crippen LogP contribution in [-0.2, 0) is 0 Å². The third-order valence-electron chi connectivity index (χ3n) is 3.72. The van der Waals surface area contributed by atoms with Gasteiger partial charge in [0.05, 0.1) is 11.4 Å². The lowest BCUT2D eigenvalue weighted by Crippen LogP contribution is -2.47. The highest BCUT2D eigenvalue weighted by atomic mass is 19.1. The number of hydrogen-bond donors (Lipinski definition) is 2. The van der Waals surface area contributed by atoms with Crippen molar-refractivity contribution in [2.45, 2.75) is 13.8 Å². The second-order valence-corrected chi connectivity index (χ2v) is 5.84. The summed E-state index contributed by atoms with van der Waals surface area (Å²) in [4.78, 5) is 15.7. The number of rotatable bonds is 4. The first-order valence-corrected chi connectivity index (χ1v) is 7.18. The van der Waals surface area contributed by atoms with Crippen LogP contribution in [0.4, 0.5) is 15.8 Å². The van der Waals surface area contributed by atoms with Crippen LogP contribution in [0.15, 0.2) is 12.1 Å². The van der Waals surface area contributed by atoms with Gasteiger partial charge in [-0.3, -0.25) is 4.90 Å². The van der Waals surface area contributed by atoms with Crippen molar-refractivity contribution in [2.75, 3.05) is 43.4 Å². The van der Waals surface area contributed by atoms with Gasteiger partial charge in [-0.2, -0.15) is 0 Å². The Bertz CT molecular complexity index is 526. The maximum atomic E-state index is 13.5. The summed E-state index contributed by atoms with van der Waals surface area (Å²) in [6.45, 7) is 8.57. The molecule has 0 radical (unpaired) electrons. The molecule has 116 valence electrons. The number of anilines is 2. The van der Waals surface area contributed by atoms with E-state index in [1.54, 1.807) is 0 Å². The second-order valence-electron chi connectivity index (χ2n) is 5.84. The standard InChI is InChI=1S/C15H22FN3O2/c1-10(2)9-18-5-7-19(8-6-18)12-4-3-11(16)14(17)13(12)15(20)21/h3-4,10H,5-9,17H2,1-2H3,(H,20,21). The molecule has 0 amide bonds. The van der Waals surface area contributed by atoms with Crippen LogP contribution >= 0.6 is 0 Å².